The summed E-state index contributed by atoms with van der Waals surface area (Å²) >= 11 is 1.64. The predicted molar refractivity (Wildman–Crippen MR) is 74.3 cm³/mol. The zero-order valence-electron chi connectivity index (χ0n) is 9.88. The quantitative estimate of drug-likeness (QED) is 0.831. The molecule has 0 saturated heterocycles. The van der Waals surface area contributed by atoms with E-state index in [4.69, 9.17) is 0 Å². The molecule has 1 amide bonds. The van der Waals surface area contributed by atoms with Gasteiger partial charge in [-0.05, 0) is 42.7 Å². The minimum absolute atomic E-state index is 0.0178. The largest absolute Gasteiger partial charge is 0.507 e. The fourth-order valence-electron chi connectivity index (χ4n) is 1.54. The van der Waals surface area contributed by atoms with Crippen molar-refractivity contribution in [3.63, 3.8) is 0 Å². The molecule has 0 bridgehead atoms. The lowest BCUT2D eigenvalue weighted by Gasteiger charge is -2.07. The van der Waals surface area contributed by atoms with Gasteiger partial charge in [0.15, 0.2) is 0 Å². The lowest BCUT2D eigenvalue weighted by Crippen LogP contribution is -2.11. The summed E-state index contributed by atoms with van der Waals surface area (Å²) in [6, 6.07) is 14.0. The number of carbonyl (C=O) groups is 1. The molecule has 0 atom stereocenters. The molecule has 4 heteroatoms. The van der Waals surface area contributed by atoms with Crippen LogP contribution in [0.15, 0.2) is 53.4 Å². The van der Waals surface area contributed by atoms with E-state index >= 15 is 0 Å². The first kappa shape index (κ1) is 12.5. The van der Waals surface area contributed by atoms with Gasteiger partial charge in [-0.15, -0.1) is 11.8 Å². The Labute approximate surface area is 110 Å². The Bertz CT molecular complexity index is 552. The summed E-state index contributed by atoms with van der Waals surface area (Å²) in [5.74, 6) is -0.333. The Morgan fingerprint density at radius 2 is 1.78 bits per heavy atom. The third kappa shape index (κ3) is 2.84. The fraction of sp³-hybridized carbons (Fsp3) is 0.0714. The predicted octanol–water partition coefficient (Wildman–Crippen LogP) is 3.37. The third-order valence-electron chi connectivity index (χ3n) is 2.50. The topological polar surface area (TPSA) is 49.3 Å². The number of nitrogens with one attached hydrogen (secondary N) is 1. The van der Waals surface area contributed by atoms with Crippen LogP contribution in [0.3, 0.4) is 0 Å². The molecule has 0 aliphatic carbocycles. The Morgan fingerprint density at radius 3 is 2.39 bits per heavy atom. The van der Waals surface area contributed by atoms with Crippen LogP contribution in [-0.2, 0) is 0 Å². The van der Waals surface area contributed by atoms with Crippen LogP contribution in [0.2, 0.25) is 0 Å². The van der Waals surface area contributed by atoms with Crippen molar-refractivity contribution in [1.82, 2.24) is 0 Å². The highest BCUT2D eigenvalue weighted by molar-refractivity contribution is 7.98. The average molecular weight is 259 g/mol. The van der Waals surface area contributed by atoms with Crippen LogP contribution in [-0.4, -0.2) is 17.3 Å². The first-order chi connectivity index (χ1) is 8.70. The van der Waals surface area contributed by atoms with E-state index in [0.717, 1.165) is 4.90 Å². The van der Waals surface area contributed by atoms with E-state index in [0.29, 0.717) is 5.69 Å². The van der Waals surface area contributed by atoms with Gasteiger partial charge >= 0.3 is 0 Å². The standard InChI is InChI=1S/C14H13NO2S/c1-18-11-8-6-10(7-9-11)15-14(17)12-4-2-3-5-13(12)16/h2-9,16H,1H3,(H,15,17). The Kier molecular flexibility index (Phi) is 3.89. The van der Waals surface area contributed by atoms with Gasteiger partial charge in [-0.2, -0.15) is 0 Å². The van der Waals surface area contributed by atoms with Crippen molar-refractivity contribution in [2.24, 2.45) is 0 Å². The van der Waals surface area contributed by atoms with Crippen molar-refractivity contribution in [3.8, 4) is 5.75 Å². The molecular weight excluding hydrogens is 246 g/mol. The second kappa shape index (κ2) is 5.60. The fourth-order valence-corrected chi connectivity index (χ4v) is 1.95. The van der Waals surface area contributed by atoms with Crippen LogP contribution in [0.1, 0.15) is 10.4 Å². The van der Waals surface area contributed by atoms with Gasteiger partial charge in [0.2, 0.25) is 0 Å². The summed E-state index contributed by atoms with van der Waals surface area (Å²) < 4.78 is 0. The highest BCUT2D eigenvalue weighted by Crippen LogP contribution is 2.20. The monoisotopic (exact) mass is 259 g/mol. The van der Waals surface area contributed by atoms with Crippen molar-refractivity contribution in [2.45, 2.75) is 4.90 Å². The number of para-hydroxylation sites is 1. The number of hydrogen-bond donors (Lipinski definition) is 2. The van der Waals surface area contributed by atoms with Gasteiger partial charge in [-0.1, -0.05) is 12.1 Å². The zero-order valence-corrected chi connectivity index (χ0v) is 10.7. The average Bonchev–Trinajstić information content (AvgIpc) is 2.40. The van der Waals surface area contributed by atoms with Gasteiger partial charge in [0, 0.05) is 10.6 Å². The van der Waals surface area contributed by atoms with Crippen molar-refractivity contribution in [3.05, 3.63) is 54.1 Å². The molecule has 0 aliphatic heterocycles. The highest BCUT2D eigenvalue weighted by Gasteiger charge is 2.09. The van der Waals surface area contributed by atoms with Crippen LogP contribution >= 0.6 is 11.8 Å². The Balaban J connectivity index is 2.14. The van der Waals surface area contributed by atoms with Gasteiger partial charge in [0.05, 0.1) is 5.56 Å². The number of amides is 1. The maximum atomic E-state index is 11.9. The van der Waals surface area contributed by atoms with Gasteiger partial charge in [0.25, 0.3) is 5.91 Å². The molecule has 2 rings (SSSR count). The van der Waals surface area contributed by atoms with E-state index in [1.807, 2.05) is 30.5 Å². The maximum Gasteiger partial charge on any atom is 0.259 e. The third-order valence-corrected chi connectivity index (χ3v) is 3.24. The van der Waals surface area contributed by atoms with E-state index in [2.05, 4.69) is 5.32 Å². The van der Waals surface area contributed by atoms with Crippen LogP contribution in [0, 0.1) is 0 Å². The molecule has 3 nitrogen and oxygen atoms in total. The van der Waals surface area contributed by atoms with Gasteiger partial charge in [0.1, 0.15) is 5.75 Å². The molecule has 0 saturated carbocycles. The molecule has 0 fully saturated rings. The van der Waals surface area contributed by atoms with Crippen LogP contribution in [0.5, 0.6) is 5.75 Å². The number of thioether (sulfide) groups is 1. The number of phenolic OH excluding ortho intramolecular Hbond substituents is 1. The van der Waals surface area contributed by atoms with Gasteiger partial charge in [-0.25, -0.2) is 0 Å². The molecule has 0 heterocycles. The van der Waals surface area contributed by atoms with Gasteiger partial charge in [-0.3, -0.25) is 4.79 Å². The molecule has 0 aliphatic rings. The number of benzene rings is 2. The van der Waals surface area contributed by atoms with E-state index in [9.17, 15) is 9.90 Å². The number of anilines is 1. The zero-order chi connectivity index (χ0) is 13.0. The van der Waals surface area contributed by atoms with Crippen molar-refractivity contribution < 1.29 is 9.90 Å². The van der Waals surface area contributed by atoms with Crippen molar-refractivity contribution in [1.29, 1.82) is 0 Å². The molecule has 2 aromatic carbocycles. The second-order valence-corrected chi connectivity index (χ2v) is 4.58. The van der Waals surface area contributed by atoms with E-state index in [1.54, 1.807) is 30.0 Å². The van der Waals surface area contributed by atoms with E-state index < -0.39 is 0 Å². The molecule has 0 unspecified atom stereocenters. The molecule has 18 heavy (non-hydrogen) atoms. The van der Waals surface area contributed by atoms with Crippen LogP contribution < -0.4 is 5.32 Å². The second-order valence-electron chi connectivity index (χ2n) is 3.70. The molecule has 2 aromatic rings. The first-order valence-corrected chi connectivity index (χ1v) is 6.66. The summed E-state index contributed by atoms with van der Waals surface area (Å²) in [7, 11) is 0. The summed E-state index contributed by atoms with van der Waals surface area (Å²) in [5.41, 5.74) is 0.979. The number of hydrogen-bond acceptors (Lipinski definition) is 3. The smallest absolute Gasteiger partial charge is 0.259 e. The SMILES string of the molecule is CSc1ccc(NC(=O)c2ccccc2O)cc1. The summed E-state index contributed by atoms with van der Waals surface area (Å²) in [6.07, 6.45) is 2.00. The first-order valence-electron chi connectivity index (χ1n) is 5.44. The van der Waals surface area contributed by atoms with Crippen molar-refractivity contribution >= 4 is 23.4 Å². The molecule has 0 radical (unpaired) electrons. The lowest BCUT2D eigenvalue weighted by molar-refractivity contribution is 0.102. The molecular formula is C14H13NO2S. The molecule has 2 N–H and O–H groups in total. The van der Waals surface area contributed by atoms with Crippen molar-refractivity contribution in [2.75, 3.05) is 11.6 Å². The number of phenols is 1. The normalized spacial score (nSPS) is 10.1. The maximum absolute atomic E-state index is 11.9. The molecule has 92 valence electrons. The number of carbonyl (C=O) groups excluding carboxylic acids is 1. The van der Waals surface area contributed by atoms with Gasteiger partial charge < -0.3 is 10.4 Å². The van der Waals surface area contributed by atoms with E-state index in [-0.39, 0.29) is 17.2 Å². The number of aromatic hydroxyl groups is 1. The molecule has 0 aromatic heterocycles. The Hall–Kier alpha value is -1.94. The minimum Gasteiger partial charge on any atom is -0.507 e. The van der Waals surface area contributed by atoms with E-state index in [1.165, 1.54) is 6.07 Å². The lowest BCUT2D eigenvalue weighted by atomic mass is 10.2. The minimum atomic E-state index is -0.315. The Morgan fingerprint density at radius 1 is 1.11 bits per heavy atom. The summed E-state index contributed by atoms with van der Waals surface area (Å²) in [5, 5.41) is 12.3. The molecule has 0 spiro atoms. The van der Waals surface area contributed by atoms with Crippen LogP contribution in [0.25, 0.3) is 0 Å². The summed E-state index contributed by atoms with van der Waals surface area (Å²) in [4.78, 5) is 13.0. The summed E-state index contributed by atoms with van der Waals surface area (Å²) in [6.45, 7) is 0. The highest BCUT2D eigenvalue weighted by atomic mass is 32.2. The number of rotatable bonds is 3. The van der Waals surface area contributed by atoms with Crippen LogP contribution in [0.4, 0.5) is 5.69 Å².